The Kier molecular flexibility index (Phi) is 7.36. The molecule has 4 rings (SSSR count). The minimum absolute atomic E-state index is 0.192. The van der Waals surface area contributed by atoms with Crippen LogP contribution in [0.15, 0.2) is 53.1 Å². The van der Waals surface area contributed by atoms with Gasteiger partial charge in [0.25, 0.3) is 5.91 Å². The number of amides is 1. The summed E-state index contributed by atoms with van der Waals surface area (Å²) in [7, 11) is 0. The van der Waals surface area contributed by atoms with Crippen LogP contribution in [0.1, 0.15) is 53.2 Å². The lowest BCUT2D eigenvalue weighted by atomic mass is 9.94. The zero-order valence-corrected chi connectivity index (χ0v) is 20.2. The summed E-state index contributed by atoms with van der Waals surface area (Å²) in [6.45, 7) is 9.27. The topological polar surface area (TPSA) is 70.4 Å². The quantitative estimate of drug-likeness (QED) is 0.441. The molecular weight excluding hydrogens is 436 g/mol. The van der Waals surface area contributed by atoms with Gasteiger partial charge in [-0.15, -0.1) is 0 Å². The zero-order valence-electron chi connectivity index (χ0n) is 19.4. The van der Waals surface area contributed by atoms with Crippen LogP contribution in [0.3, 0.4) is 0 Å². The van der Waals surface area contributed by atoms with Crippen molar-refractivity contribution in [3.63, 3.8) is 0 Å². The Balaban J connectivity index is 1.31. The number of benzene rings is 1. The summed E-state index contributed by atoms with van der Waals surface area (Å²) in [5.41, 5.74) is 2.73. The number of nitrogens with zero attached hydrogens (tertiary/aromatic N) is 2. The van der Waals surface area contributed by atoms with Crippen LogP contribution in [0, 0.1) is 19.8 Å². The molecule has 0 aliphatic carbocycles. The molecule has 174 valence electrons. The van der Waals surface area contributed by atoms with Gasteiger partial charge in [0.1, 0.15) is 17.3 Å². The van der Waals surface area contributed by atoms with E-state index in [0.717, 1.165) is 49.7 Å². The summed E-state index contributed by atoms with van der Waals surface area (Å²) in [4.78, 5) is 19.5. The smallest absolute Gasteiger partial charge is 0.258 e. The van der Waals surface area contributed by atoms with Gasteiger partial charge in [-0.2, -0.15) is 0 Å². The maximum absolute atomic E-state index is 12.8. The number of rotatable bonds is 7. The summed E-state index contributed by atoms with van der Waals surface area (Å²) < 4.78 is 5.73. The highest BCUT2D eigenvalue weighted by Gasteiger charge is 2.25. The van der Waals surface area contributed by atoms with E-state index in [4.69, 9.17) is 16.0 Å². The summed E-state index contributed by atoms with van der Waals surface area (Å²) in [6, 6.07) is 13.5. The number of hydrogen-bond acceptors (Lipinski definition) is 5. The third-order valence-electron chi connectivity index (χ3n) is 6.45. The van der Waals surface area contributed by atoms with E-state index in [0.29, 0.717) is 28.4 Å². The number of nitrogens with one attached hydrogen (secondary N) is 2. The highest BCUT2D eigenvalue weighted by atomic mass is 35.5. The van der Waals surface area contributed by atoms with Gasteiger partial charge in [0.05, 0.1) is 10.6 Å². The molecule has 3 aromatic rings. The molecule has 1 saturated heterocycles. The number of pyridine rings is 1. The molecular formula is C26H31ClN4O2. The summed E-state index contributed by atoms with van der Waals surface area (Å²) >= 11 is 5.88. The number of halogens is 1. The molecule has 1 fully saturated rings. The molecule has 3 heterocycles. The number of likely N-dealkylation sites (tertiary alicyclic amines) is 1. The lowest BCUT2D eigenvalue weighted by molar-refractivity contribution is 0.102. The first-order valence-corrected chi connectivity index (χ1v) is 11.9. The average Bonchev–Trinajstić information content (AvgIpc) is 3.17. The number of hydrogen-bond donors (Lipinski definition) is 2. The molecule has 1 aliphatic heterocycles. The average molecular weight is 467 g/mol. The second-order valence-corrected chi connectivity index (χ2v) is 9.20. The summed E-state index contributed by atoms with van der Waals surface area (Å²) in [6.07, 6.45) is 3.76. The molecule has 0 saturated carbocycles. The van der Waals surface area contributed by atoms with Crippen molar-refractivity contribution < 1.29 is 9.21 Å². The minimum atomic E-state index is -0.192. The van der Waals surface area contributed by atoms with Gasteiger partial charge in [-0.3, -0.25) is 9.69 Å². The normalized spacial score (nSPS) is 15.9. The fraction of sp³-hybridized carbons (Fsp3) is 0.385. The van der Waals surface area contributed by atoms with Crippen molar-refractivity contribution >= 4 is 29.0 Å². The standard InChI is InChI=1S/C26H31ClN4O2/c1-17-14-23(19(3)33-17)18(2)31-12-10-20(11-13-31)15-28-24-7-5-4-6-22(24)26(32)30-25-9-8-21(27)16-29-25/h4-9,14,16,18,20,28H,10-13,15H2,1-3H3,(H,29,30,32)/t18-/m1/s1. The van der Waals surface area contributed by atoms with Crippen molar-refractivity contribution in [1.29, 1.82) is 0 Å². The van der Waals surface area contributed by atoms with E-state index in [-0.39, 0.29) is 5.91 Å². The molecule has 1 atom stereocenters. The van der Waals surface area contributed by atoms with Crippen molar-refractivity contribution in [2.24, 2.45) is 5.92 Å². The number of furan rings is 1. The van der Waals surface area contributed by atoms with E-state index in [1.807, 2.05) is 38.1 Å². The fourth-order valence-electron chi connectivity index (χ4n) is 4.53. The summed E-state index contributed by atoms with van der Waals surface area (Å²) in [5, 5.41) is 6.88. The van der Waals surface area contributed by atoms with Crippen LogP contribution in [0.2, 0.25) is 5.02 Å². The number of carbonyl (C=O) groups excluding carboxylic acids is 1. The van der Waals surface area contributed by atoms with E-state index in [1.165, 1.54) is 11.8 Å². The van der Waals surface area contributed by atoms with Gasteiger partial charge in [-0.1, -0.05) is 23.7 Å². The van der Waals surface area contributed by atoms with Gasteiger partial charge in [0.15, 0.2) is 0 Å². The Morgan fingerprint density at radius 1 is 1.21 bits per heavy atom. The van der Waals surface area contributed by atoms with Crippen LogP contribution in [-0.2, 0) is 0 Å². The van der Waals surface area contributed by atoms with E-state index >= 15 is 0 Å². The lowest BCUT2D eigenvalue weighted by Crippen LogP contribution is -2.37. The van der Waals surface area contributed by atoms with Crippen LogP contribution in [0.4, 0.5) is 11.5 Å². The highest BCUT2D eigenvalue weighted by Crippen LogP contribution is 2.30. The van der Waals surface area contributed by atoms with Crippen molar-refractivity contribution in [3.05, 3.63) is 76.3 Å². The maximum Gasteiger partial charge on any atom is 0.258 e. The largest absolute Gasteiger partial charge is 0.466 e. The number of carbonyl (C=O) groups is 1. The van der Waals surface area contributed by atoms with E-state index in [2.05, 4.69) is 33.5 Å². The molecule has 1 aliphatic rings. The Bertz CT molecular complexity index is 1090. The Labute approximate surface area is 200 Å². The lowest BCUT2D eigenvalue weighted by Gasteiger charge is -2.36. The highest BCUT2D eigenvalue weighted by molar-refractivity contribution is 6.30. The van der Waals surface area contributed by atoms with Crippen LogP contribution in [0.25, 0.3) is 0 Å². The fourth-order valence-corrected chi connectivity index (χ4v) is 4.64. The number of para-hydroxylation sites is 1. The van der Waals surface area contributed by atoms with Gasteiger partial charge in [-0.05, 0) is 83.0 Å². The number of aryl methyl sites for hydroxylation is 2. The van der Waals surface area contributed by atoms with Gasteiger partial charge in [0, 0.05) is 30.0 Å². The van der Waals surface area contributed by atoms with Gasteiger partial charge >= 0.3 is 0 Å². The molecule has 1 amide bonds. The molecule has 6 nitrogen and oxygen atoms in total. The van der Waals surface area contributed by atoms with E-state index < -0.39 is 0 Å². The Morgan fingerprint density at radius 2 is 1.97 bits per heavy atom. The van der Waals surface area contributed by atoms with Crippen molar-refractivity contribution in [1.82, 2.24) is 9.88 Å². The van der Waals surface area contributed by atoms with E-state index in [9.17, 15) is 4.79 Å². The number of piperidine rings is 1. The maximum atomic E-state index is 12.8. The third-order valence-corrected chi connectivity index (χ3v) is 6.67. The Morgan fingerprint density at radius 3 is 2.64 bits per heavy atom. The summed E-state index contributed by atoms with van der Waals surface area (Å²) in [5.74, 6) is 2.84. The third kappa shape index (κ3) is 5.75. The van der Waals surface area contributed by atoms with E-state index in [1.54, 1.807) is 12.1 Å². The number of anilines is 2. The van der Waals surface area contributed by atoms with Crippen molar-refractivity contribution in [3.8, 4) is 0 Å². The van der Waals surface area contributed by atoms with Crippen LogP contribution >= 0.6 is 11.6 Å². The molecule has 2 N–H and O–H groups in total. The SMILES string of the molecule is Cc1cc([C@@H](C)N2CCC(CNc3ccccc3C(=O)Nc3ccc(Cl)cn3)CC2)c(C)o1. The van der Waals surface area contributed by atoms with Gasteiger partial charge in [-0.25, -0.2) is 4.98 Å². The van der Waals surface area contributed by atoms with Crippen LogP contribution in [0.5, 0.6) is 0 Å². The first-order chi connectivity index (χ1) is 15.9. The molecule has 7 heteroatoms. The van der Waals surface area contributed by atoms with Gasteiger partial charge in [0.2, 0.25) is 0 Å². The first-order valence-electron chi connectivity index (χ1n) is 11.5. The molecule has 33 heavy (non-hydrogen) atoms. The second kappa shape index (κ2) is 10.4. The van der Waals surface area contributed by atoms with Crippen molar-refractivity contribution in [2.45, 2.75) is 39.7 Å². The molecule has 0 radical (unpaired) electrons. The molecule has 0 unspecified atom stereocenters. The van der Waals surface area contributed by atoms with Gasteiger partial charge < -0.3 is 15.1 Å². The van der Waals surface area contributed by atoms with Crippen molar-refractivity contribution in [2.75, 3.05) is 30.3 Å². The Hall–Kier alpha value is -2.83. The monoisotopic (exact) mass is 466 g/mol. The van der Waals surface area contributed by atoms with Crippen LogP contribution < -0.4 is 10.6 Å². The first kappa shape index (κ1) is 23.3. The molecule has 1 aromatic carbocycles. The molecule has 2 aromatic heterocycles. The zero-order chi connectivity index (χ0) is 23.4. The molecule has 0 bridgehead atoms. The predicted octanol–water partition coefficient (Wildman–Crippen LogP) is 6.08. The van der Waals surface area contributed by atoms with Crippen LogP contribution in [-0.4, -0.2) is 35.4 Å². The second-order valence-electron chi connectivity index (χ2n) is 8.77. The predicted molar refractivity (Wildman–Crippen MR) is 133 cm³/mol. The number of aromatic nitrogens is 1. The minimum Gasteiger partial charge on any atom is -0.466 e. The molecule has 0 spiro atoms.